The quantitative estimate of drug-likeness (QED) is 0.231. The third kappa shape index (κ3) is 2.73. The molecule has 156 valence electrons. The SMILES string of the molecule is Brc1ccc2c3ccccc3n(-c3ccc4c5ccccc5n(-c5ccccc5)c4c3)c2c1. The molecule has 0 unspecified atom stereocenters. The first-order valence-electron chi connectivity index (χ1n) is 11.1. The summed E-state index contributed by atoms with van der Waals surface area (Å²) in [7, 11) is 0. The van der Waals surface area contributed by atoms with Gasteiger partial charge in [-0.25, -0.2) is 0 Å². The van der Waals surface area contributed by atoms with Crippen LogP contribution < -0.4 is 0 Å². The Morgan fingerprint density at radius 2 is 0.909 bits per heavy atom. The van der Waals surface area contributed by atoms with E-state index in [0.717, 1.165) is 10.2 Å². The van der Waals surface area contributed by atoms with Crippen LogP contribution in [0.2, 0.25) is 0 Å². The lowest BCUT2D eigenvalue weighted by molar-refractivity contribution is 1.15. The largest absolute Gasteiger partial charge is 0.309 e. The van der Waals surface area contributed by atoms with Crippen LogP contribution in [0.4, 0.5) is 0 Å². The number of aromatic nitrogens is 2. The minimum Gasteiger partial charge on any atom is -0.309 e. The van der Waals surface area contributed by atoms with Crippen molar-refractivity contribution < 1.29 is 0 Å². The summed E-state index contributed by atoms with van der Waals surface area (Å²) in [6, 6.07) is 41.3. The molecule has 0 fully saturated rings. The van der Waals surface area contributed by atoms with E-state index in [1.165, 1.54) is 49.3 Å². The predicted octanol–water partition coefficient (Wildman–Crippen LogP) is 8.64. The van der Waals surface area contributed by atoms with Crippen molar-refractivity contribution in [3.05, 3.63) is 120 Å². The first-order valence-corrected chi connectivity index (χ1v) is 11.9. The van der Waals surface area contributed by atoms with Gasteiger partial charge in [-0.15, -0.1) is 0 Å². The summed E-state index contributed by atoms with van der Waals surface area (Å²) in [5.74, 6) is 0. The van der Waals surface area contributed by atoms with Gasteiger partial charge in [0.15, 0.2) is 0 Å². The fourth-order valence-electron chi connectivity index (χ4n) is 5.18. The Bertz CT molecular complexity index is 1820. The van der Waals surface area contributed by atoms with E-state index in [1.807, 2.05) is 0 Å². The van der Waals surface area contributed by atoms with E-state index in [0.29, 0.717) is 0 Å². The van der Waals surface area contributed by atoms with Crippen LogP contribution in [0.3, 0.4) is 0 Å². The molecule has 0 aliphatic carbocycles. The molecule has 0 aliphatic rings. The van der Waals surface area contributed by atoms with Crippen molar-refractivity contribution in [3.63, 3.8) is 0 Å². The first kappa shape index (κ1) is 18.7. The molecule has 2 heterocycles. The van der Waals surface area contributed by atoms with Crippen LogP contribution in [-0.4, -0.2) is 9.13 Å². The van der Waals surface area contributed by atoms with Crippen molar-refractivity contribution in [3.8, 4) is 11.4 Å². The molecule has 0 bridgehead atoms. The number of halogens is 1. The van der Waals surface area contributed by atoms with E-state index in [-0.39, 0.29) is 0 Å². The molecule has 0 N–H and O–H groups in total. The van der Waals surface area contributed by atoms with Gasteiger partial charge in [-0.2, -0.15) is 0 Å². The van der Waals surface area contributed by atoms with Gasteiger partial charge in [-0.3, -0.25) is 0 Å². The maximum Gasteiger partial charge on any atom is 0.0561 e. The van der Waals surface area contributed by atoms with Crippen LogP contribution in [0.25, 0.3) is 55.0 Å². The van der Waals surface area contributed by atoms with Crippen molar-refractivity contribution in [2.75, 3.05) is 0 Å². The number of fused-ring (bicyclic) bond motifs is 6. The van der Waals surface area contributed by atoms with Gasteiger partial charge in [0, 0.05) is 37.4 Å². The Labute approximate surface area is 199 Å². The van der Waals surface area contributed by atoms with Crippen LogP contribution in [0, 0.1) is 0 Å². The third-order valence-corrected chi connectivity index (χ3v) is 7.06. The molecule has 0 saturated carbocycles. The highest BCUT2D eigenvalue weighted by atomic mass is 79.9. The van der Waals surface area contributed by atoms with Crippen LogP contribution in [0.1, 0.15) is 0 Å². The predicted molar refractivity (Wildman–Crippen MR) is 143 cm³/mol. The molecule has 0 aliphatic heterocycles. The van der Waals surface area contributed by atoms with Gasteiger partial charge in [0.1, 0.15) is 0 Å². The van der Waals surface area contributed by atoms with Crippen molar-refractivity contribution >= 4 is 59.5 Å². The number of benzene rings is 5. The molecule has 0 amide bonds. The van der Waals surface area contributed by atoms with Crippen molar-refractivity contribution in [2.24, 2.45) is 0 Å². The highest BCUT2D eigenvalue weighted by Crippen LogP contribution is 2.37. The summed E-state index contributed by atoms with van der Waals surface area (Å²) in [6.07, 6.45) is 0. The van der Waals surface area contributed by atoms with Gasteiger partial charge in [0.05, 0.1) is 22.1 Å². The standard InChI is InChI=1S/C30H19BrN2/c31-20-14-16-25-23-10-5-7-13-28(23)33(29(25)18-20)22-15-17-26-24-11-4-6-12-27(24)32(30(26)19-22)21-8-2-1-3-9-21/h1-19H. The number of rotatable bonds is 2. The topological polar surface area (TPSA) is 9.86 Å². The molecule has 5 aromatic carbocycles. The summed E-state index contributed by atoms with van der Waals surface area (Å²) in [6.45, 7) is 0. The molecule has 0 atom stereocenters. The zero-order valence-corrected chi connectivity index (χ0v) is 19.3. The molecular formula is C30H19BrN2. The second kappa shape index (κ2) is 7.09. The van der Waals surface area contributed by atoms with Crippen LogP contribution in [0.5, 0.6) is 0 Å². The Hall–Kier alpha value is -3.82. The number of para-hydroxylation sites is 3. The maximum atomic E-state index is 3.68. The lowest BCUT2D eigenvalue weighted by atomic mass is 10.1. The maximum absolute atomic E-state index is 3.68. The third-order valence-electron chi connectivity index (χ3n) is 6.57. The summed E-state index contributed by atoms with van der Waals surface area (Å²) < 4.78 is 5.83. The fourth-order valence-corrected chi connectivity index (χ4v) is 5.52. The minimum absolute atomic E-state index is 1.08. The zero-order chi connectivity index (χ0) is 21.9. The van der Waals surface area contributed by atoms with E-state index in [9.17, 15) is 0 Å². The van der Waals surface area contributed by atoms with E-state index in [2.05, 4.69) is 140 Å². The summed E-state index contributed by atoms with van der Waals surface area (Å²) >= 11 is 3.68. The summed E-state index contributed by atoms with van der Waals surface area (Å²) in [4.78, 5) is 0. The average molecular weight is 487 g/mol. The zero-order valence-electron chi connectivity index (χ0n) is 17.7. The molecule has 2 aromatic heterocycles. The Kier molecular flexibility index (Phi) is 4.02. The van der Waals surface area contributed by atoms with Crippen LogP contribution >= 0.6 is 15.9 Å². The normalized spacial score (nSPS) is 11.8. The van der Waals surface area contributed by atoms with Crippen molar-refractivity contribution in [2.45, 2.75) is 0 Å². The Morgan fingerprint density at radius 3 is 1.61 bits per heavy atom. The highest BCUT2D eigenvalue weighted by molar-refractivity contribution is 9.10. The number of nitrogens with zero attached hydrogens (tertiary/aromatic N) is 2. The Balaban J connectivity index is 1.62. The number of hydrogen-bond acceptors (Lipinski definition) is 0. The van der Waals surface area contributed by atoms with Gasteiger partial charge in [-0.1, -0.05) is 82.7 Å². The van der Waals surface area contributed by atoms with E-state index >= 15 is 0 Å². The molecule has 7 rings (SSSR count). The summed E-state index contributed by atoms with van der Waals surface area (Å²) in [5, 5.41) is 5.06. The lowest BCUT2D eigenvalue weighted by Crippen LogP contribution is -1.96. The second-order valence-corrected chi connectivity index (χ2v) is 9.32. The van der Waals surface area contributed by atoms with Gasteiger partial charge >= 0.3 is 0 Å². The van der Waals surface area contributed by atoms with Crippen LogP contribution in [-0.2, 0) is 0 Å². The minimum atomic E-state index is 1.08. The van der Waals surface area contributed by atoms with Gasteiger partial charge in [0.25, 0.3) is 0 Å². The molecule has 0 spiro atoms. The second-order valence-electron chi connectivity index (χ2n) is 8.40. The van der Waals surface area contributed by atoms with E-state index in [4.69, 9.17) is 0 Å². The molecule has 33 heavy (non-hydrogen) atoms. The molecule has 2 nitrogen and oxygen atoms in total. The molecule has 0 radical (unpaired) electrons. The smallest absolute Gasteiger partial charge is 0.0561 e. The molecule has 0 saturated heterocycles. The molecule has 3 heteroatoms. The van der Waals surface area contributed by atoms with Gasteiger partial charge in [-0.05, 0) is 48.5 Å². The van der Waals surface area contributed by atoms with E-state index in [1.54, 1.807) is 0 Å². The monoisotopic (exact) mass is 486 g/mol. The Morgan fingerprint density at radius 1 is 0.394 bits per heavy atom. The van der Waals surface area contributed by atoms with Crippen molar-refractivity contribution in [1.29, 1.82) is 0 Å². The highest BCUT2D eigenvalue weighted by Gasteiger charge is 2.16. The first-order chi connectivity index (χ1) is 16.3. The average Bonchev–Trinajstić information content (AvgIpc) is 3.36. The fraction of sp³-hybridized carbons (Fsp3) is 0. The molecule has 7 aromatic rings. The van der Waals surface area contributed by atoms with E-state index < -0.39 is 0 Å². The van der Waals surface area contributed by atoms with Crippen LogP contribution in [0.15, 0.2) is 120 Å². The lowest BCUT2D eigenvalue weighted by Gasteiger charge is -2.11. The number of hydrogen-bond donors (Lipinski definition) is 0. The molecular weight excluding hydrogens is 468 g/mol. The van der Waals surface area contributed by atoms with Gasteiger partial charge in [0.2, 0.25) is 0 Å². The summed E-state index contributed by atoms with van der Waals surface area (Å²) in [5.41, 5.74) is 7.18. The van der Waals surface area contributed by atoms with Crippen molar-refractivity contribution in [1.82, 2.24) is 9.13 Å². The van der Waals surface area contributed by atoms with Gasteiger partial charge < -0.3 is 9.13 Å².